The summed E-state index contributed by atoms with van der Waals surface area (Å²) < 4.78 is 9.47. The van der Waals surface area contributed by atoms with E-state index in [0.29, 0.717) is 0 Å². The van der Waals surface area contributed by atoms with Crippen LogP contribution in [-0.2, 0) is 28.7 Å². The molecule has 0 spiro atoms. The van der Waals surface area contributed by atoms with Crippen molar-refractivity contribution in [3.8, 4) is 0 Å². The fourth-order valence-corrected chi connectivity index (χ4v) is 1.15. The van der Waals surface area contributed by atoms with Crippen LogP contribution in [-0.4, -0.2) is 50.3 Å². The molecule has 0 aromatic heterocycles. The molecule has 1 amide bonds. The van der Waals surface area contributed by atoms with E-state index in [4.69, 9.17) is 9.47 Å². The van der Waals surface area contributed by atoms with Crippen molar-refractivity contribution < 1.29 is 28.7 Å². The van der Waals surface area contributed by atoms with Gasteiger partial charge in [-0.15, -0.1) is 0 Å². The molecule has 0 saturated carbocycles. The number of amides is 1. The SMILES string of the molecule is CCOC(=O)C(CC(=O)N(C)OC)C(=O)OCC. The molecule has 0 rings (SSSR count). The first-order valence-electron chi connectivity index (χ1n) is 5.61. The molecule has 0 aliphatic heterocycles. The van der Waals surface area contributed by atoms with Crippen LogP contribution in [0.4, 0.5) is 0 Å². The lowest BCUT2D eigenvalue weighted by Gasteiger charge is -2.17. The molecule has 0 unspecified atom stereocenters. The summed E-state index contributed by atoms with van der Waals surface area (Å²) in [5, 5.41) is 0.936. The first-order valence-corrected chi connectivity index (χ1v) is 5.61. The van der Waals surface area contributed by atoms with Gasteiger partial charge in [-0.05, 0) is 13.8 Å². The maximum absolute atomic E-state index is 11.6. The summed E-state index contributed by atoms with van der Waals surface area (Å²) in [6, 6.07) is 0. The Hall–Kier alpha value is -1.63. The van der Waals surface area contributed by atoms with Crippen LogP contribution in [0.15, 0.2) is 0 Å². The molecule has 0 atom stereocenters. The average Bonchev–Trinajstić information content (AvgIpc) is 2.34. The van der Waals surface area contributed by atoms with E-state index >= 15 is 0 Å². The van der Waals surface area contributed by atoms with Crippen molar-refractivity contribution >= 4 is 17.8 Å². The zero-order valence-corrected chi connectivity index (χ0v) is 11.1. The van der Waals surface area contributed by atoms with Gasteiger partial charge < -0.3 is 9.47 Å². The highest BCUT2D eigenvalue weighted by Crippen LogP contribution is 2.11. The summed E-state index contributed by atoms with van der Waals surface area (Å²) >= 11 is 0. The smallest absolute Gasteiger partial charge is 0.320 e. The number of rotatable bonds is 7. The fourth-order valence-electron chi connectivity index (χ4n) is 1.15. The molecule has 18 heavy (non-hydrogen) atoms. The Balaban J connectivity index is 4.71. The standard InChI is InChI=1S/C11H19NO6/c1-5-17-10(14)8(11(15)18-6-2)7-9(13)12(3)16-4/h8H,5-7H2,1-4H3. The van der Waals surface area contributed by atoms with Crippen molar-refractivity contribution in [3.05, 3.63) is 0 Å². The summed E-state index contributed by atoms with van der Waals surface area (Å²) in [5.74, 6) is -3.30. The van der Waals surface area contributed by atoms with E-state index in [2.05, 4.69) is 4.84 Å². The average molecular weight is 261 g/mol. The summed E-state index contributed by atoms with van der Waals surface area (Å²) in [6.45, 7) is 3.48. The topological polar surface area (TPSA) is 82.1 Å². The van der Waals surface area contributed by atoms with Gasteiger partial charge in [0.05, 0.1) is 26.7 Å². The number of esters is 2. The predicted molar refractivity (Wildman–Crippen MR) is 61.2 cm³/mol. The largest absolute Gasteiger partial charge is 0.465 e. The number of ether oxygens (including phenoxy) is 2. The van der Waals surface area contributed by atoms with Crippen LogP contribution < -0.4 is 0 Å². The second-order valence-electron chi connectivity index (χ2n) is 3.33. The van der Waals surface area contributed by atoms with Crippen molar-refractivity contribution in [2.75, 3.05) is 27.4 Å². The van der Waals surface area contributed by atoms with E-state index < -0.39 is 23.8 Å². The Morgan fingerprint density at radius 3 is 1.83 bits per heavy atom. The molecule has 0 saturated heterocycles. The lowest BCUT2D eigenvalue weighted by molar-refractivity contribution is -0.176. The third kappa shape index (κ3) is 5.13. The van der Waals surface area contributed by atoms with Crippen LogP contribution >= 0.6 is 0 Å². The van der Waals surface area contributed by atoms with E-state index in [1.165, 1.54) is 14.2 Å². The number of nitrogens with zero attached hydrogens (tertiary/aromatic N) is 1. The maximum Gasteiger partial charge on any atom is 0.320 e. The van der Waals surface area contributed by atoms with Crippen LogP contribution in [0.2, 0.25) is 0 Å². The normalized spacial score (nSPS) is 10.1. The van der Waals surface area contributed by atoms with E-state index in [0.717, 1.165) is 5.06 Å². The molecule has 7 heteroatoms. The van der Waals surface area contributed by atoms with Gasteiger partial charge in [-0.2, -0.15) is 0 Å². The van der Waals surface area contributed by atoms with Gasteiger partial charge in [0.2, 0.25) is 5.91 Å². The van der Waals surface area contributed by atoms with E-state index in [1.807, 2.05) is 0 Å². The predicted octanol–water partition coefficient (Wildman–Crippen LogP) is 0.139. The van der Waals surface area contributed by atoms with Gasteiger partial charge in [-0.1, -0.05) is 0 Å². The Kier molecular flexibility index (Phi) is 7.69. The monoisotopic (exact) mass is 261 g/mol. The van der Waals surface area contributed by atoms with E-state index in [9.17, 15) is 14.4 Å². The molecule has 7 nitrogen and oxygen atoms in total. The van der Waals surface area contributed by atoms with Crippen molar-refractivity contribution in [2.45, 2.75) is 20.3 Å². The molecule has 0 aromatic rings. The first kappa shape index (κ1) is 16.4. The molecule has 0 aliphatic carbocycles. The van der Waals surface area contributed by atoms with Gasteiger partial charge in [-0.25, -0.2) is 5.06 Å². The van der Waals surface area contributed by atoms with Crippen molar-refractivity contribution in [1.29, 1.82) is 0 Å². The molecular formula is C11H19NO6. The minimum atomic E-state index is -1.25. The minimum Gasteiger partial charge on any atom is -0.465 e. The molecule has 0 fully saturated rings. The molecule has 0 aromatic carbocycles. The zero-order valence-electron chi connectivity index (χ0n) is 11.1. The number of hydroxylamine groups is 2. The molecule has 104 valence electrons. The summed E-state index contributed by atoms with van der Waals surface area (Å²) in [5.41, 5.74) is 0. The highest BCUT2D eigenvalue weighted by atomic mass is 16.7. The van der Waals surface area contributed by atoms with Crippen LogP contribution in [0.1, 0.15) is 20.3 Å². The first-order chi connectivity index (χ1) is 8.47. The Bertz CT molecular complexity index is 286. The summed E-state index contributed by atoms with van der Waals surface area (Å²) in [6.07, 6.45) is -0.345. The van der Waals surface area contributed by atoms with Gasteiger partial charge in [0.15, 0.2) is 5.92 Å². The highest BCUT2D eigenvalue weighted by Gasteiger charge is 2.33. The number of hydrogen-bond acceptors (Lipinski definition) is 6. The van der Waals surface area contributed by atoms with Crippen molar-refractivity contribution in [2.24, 2.45) is 5.92 Å². The number of carbonyl (C=O) groups is 3. The van der Waals surface area contributed by atoms with Gasteiger partial charge in [0.25, 0.3) is 0 Å². The maximum atomic E-state index is 11.6. The van der Waals surface area contributed by atoms with Crippen molar-refractivity contribution in [1.82, 2.24) is 5.06 Å². The van der Waals surface area contributed by atoms with Gasteiger partial charge >= 0.3 is 11.9 Å². The number of hydrogen-bond donors (Lipinski definition) is 0. The molecule has 0 bridgehead atoms. The fraction of sp³-hybridized carbons (Fsp3) is 0.727. The van der Waals surface area contributed by atoms with Gasteiger partial charge in [0, 0.05) is 7.05 Å². The molecule has 0 heterocycles. The zero-order chi connectivity index (χ0) is 14.1. The van der Waals surface area contributed by atoms with Crippen LogP contribution in [0.25, 0.3) is 0 Å². The summed E-state index contributed by atoms with van der Waals surface area (Å²) in [7, 11) is 2.69. The van der Waals surface area contributed by atoms with Crippen LogP contribution in [0, 0.1) is 5.92 Å². The third-order valence-electron chi connectivity index (χ3n) is 2.15. The second-order valence-corrected chi connectivity index (χ2v) is 3.33. The Morgan fingerprint density at radius 1 is 1.06 bits per heavy atom. The third-order valence-corrected chi connectivity index (χ3v) is 2.15. The van der Waals surface area contributed by atoms with Crippen LogP contribution in [0.3, 0.4) is 0 Å². The Labute approximate surface area is 106 Å². The van der Waals surface area contributed by atoms with Gasteiger partial charge in [-0.3, -0.25) is 19.2 Å². The minimum absolute atomic E-state index is 0.128. The number of carbonyl (C=O) groups excluding carboxylic acids is 3. The molecule has 0 N–H and O–H groups in total. The second kappa shape index (κ2) is 8.46. The molecular weight excluding hydrogens is 242 g/mol. The quantitative estimate of drug-likeness (QED) is 0.368. The van der Waals surface area contributed by atoms with E-state index in [1.54, 1.807) is 13.8 Å². The molecule has 0 aliphatic rings. The van der Waals surface area contributed by atoms with E-state index in [-0.39, 0.29) is 19.6 Å². The lowest BCUT2D eigenvalue weighted by atomic mass is 10.1. The van der Waals surface area contributed by atoms with Gasteiger partial charge in [0.1, 0.15) is 0 Å². The lowest BCUT2D eigenvalue weighted by Crippen LogP contribution is -2.35. The van der Waals surface area contributed by atoms with Crippen LogP contribution in [0.5, 0.6) is 0 Å². The summed E-state index contributed by atoms with van der Waals surface area (Å²) in [4.78, 5) is 39.4. The molecule has 0 radical (unpaired) electrons. The Morgan fingerprint density at radius 2 is 1.50 bits per heavy atom. The van der Waals surface area contributed by atoms with Crippen molar-refractivity contribution in [3.63, 3.8) is 0 Å². The highest BCUT2D eigenvalue weighted by molar-refractivity contribution is 5.98.